The molecule has 0 heterocycles. The summed E-state index contributed by atoms with van der Waals surface area (Å²) < 4.78 is 28.1. The fourth-order valence-corrected chi connectivity index (χ4v) is 2.70. The molecule has 5 heteroatoms. The van der Waals surface area contributed by atoms with E-state index < -0.39 is 20.5 Å². The molecule has 0 spiro atoms. The van der Waals surface area contributed by atoms with E-state index in [0.717, 1.165) is 11.3 Å². The van der Waals surface area contributed by atoms with Crippen LogP contribution in [0.1, 0.15) is 24.8 Å². The normalized spacial score (nSPS) is 15.3. The van der Waals surface area contributed by atoms with Crippen molar-refractivity contribution in [2.75, 3.05) is 12.9 Å². The Hall–Kier alpha value is -0.740. The first kappa shape index (κ1) is 14.3. The lowest BCUT2D eigenvalue weighted by molar-refractivity contribution is 0.340. The molecule has 0 aliphatic rings. The Kier molecular flexibility index (Phi) is 4.83. The zero-order valence-corrected chi connectivity index (χ0v) is 11.8. The molecule has 1 aromatic carbocycles. The number of benzene rings is 1. The Morgan fingerprint density at radius 1 is 1.29 bits per heavy atom. The molecule has 0 bridgehead atoms. The lowest BCUT2D eigenvalue weighted by atomic mass is 10.1. The van der Waals surface area contributed by atoms with Crippen molar-refractivity contribution in [3.63, 3.8) is 0 Å². The topological polar surface area (TPSA) is 43.4 Å². The molecule has 0 aliphatic carbocycles. The second-order valence-electron chi connectivity index (χ2n) is 3.94. The first-order valence-electron chi connectivity index (χ1n) is 5.42. The van der Waals surface area contributed by atoms with Gasteiger partial charge in [0.2, 0.25) is 0 Å². The maximum atomic E-state index is 11.4. The number of rotatable bonds is 5. The summed E-state index contributed by atoms with van der Waals surface area (Å²) in [5.41, 5.74) is 0.785. The van der Waals surface area contributed by atoms with Gasteiger partial charge in [-0.15, -0.1) is 11.6 Å². The Morgan fingerprint density at radius 3 is 2.24 bits per heavy atom. The zero-order chi connectivity index (χ0) is 13.1. The van der Waals surface area contributed by atoms with Crippen molar-refractivity contribution >= 4 is 21.4 Å². The lowest BCUT2D eigenvalue weighted by Gasteiger charge is -2.16. The highest BCUT2D eigenvalue weighted by Crippen LogP contribution is 2.29. The minimum Gasteiger partial charge on any atom is -0.494 e. The average Bonchev–Trinajstić information content (AvgIpc) is 2.27. The standard InChI is InChI=1S/C12H17ClO3S/c1-4-16-11-7-5-10(6-8-11)12(13)9(2)17(3,14)15/h5-9,12H,4H2,1-3H3. The molecular formula is C12H17ClO3S. The molecule has 0 aliphatic heterocycles. The van der Waals surface area contributed by atoms with Crippen LogP contribution in [0.25, 0.3) is 0 Å². The smallest absolute Gasteiger partial charge is 0.151 e. The Labute approximate surface area is 108 Å². The van der Waals surface area contributed by atoms with Gasteiger partial charge >= 0.3 is 0 Å². The third-order valence-electron chi connectivity index (χ3n) is 2.60. The quantitative estimate of drug-likeness (QED) is 0.777. The van der Waals surface area contributed by atoms with Crippen LogP contribution in [0.15, 0.2) is 24.3 Å². The van der Waals surface area contributed by atoms with Crippen molar-refractivity contribution in [1.82, 2.24) is 0 Å². The van der Waals surface area contributed by atoms with Gasteiger partial charge in [-0.3, -0.25) is 0 Å². The number of hydrogen-bond donors (Lipinski definition) is 0. The second-order valence-corrected chi connectivity index (χ2v) is 6.81. The molecular weight excluding hydrogens is 260 g/mol. The molecule has 3 nitrogen and oxygen atoms in total. The first-order valence-corrected chi connectivity index (χ1v) is 7.81. The Balaban J connectivity index is 2.86. The molecule has 2 atom stereocenters. The summed E-state index contributed by atoms with van der Waals surface area (Å²) in [6, 6.07) is 7.18. The van der Waals surface area contributed by atoms with Crippen molar-refractivity contribution in [2.24, 2.45) is 0 Å². The van der Waals surface area contributed by atoms with Gasteiger partial charge in [-0.25, -0.2) is 8.42 Å². The van der Waals surface area contributed by atoms with Crippen molar-refractivity contribution in [1.29, 1.82) is 0 Å². The largest absolute Gasteiger partial charge is 0.494 e. The molecule has 2 unspecified atom stereocenters. The van der Waals surface area contributed by atoms with E-state index in [9.17, 15) is 8.42 Å². The maximum Gasteiger partial charge on any atom is 0.151 e. The molecule has 0 fully saturated rings. The summed E-state index contributed by atoms with van der Waals surface area (Å²) >= 11 is 6.15. The highest BCUT2D eigenvalue weighted by atomic mass is 35.5. The molecule has 1 aromatic rings. The molecule has 0 radical (unpaired) electrons. The van der Waals surface area contributed by atoms with Gasteiger partial charge in [0.1, 0.15) is 5.75 Å². The van der Waals surface area contributed by atoms with E-state index in [1.807, 2.05) is 6.92 Å². The van der Waals surface area contributed by atoms with E-state index >= 15 is 0 Å². The first-order chi connectivity index (χ1) is 7.86. The predicted molar refractivity (Wildman–Crippen MR) is 70.5 cm³/mol. The highest BCUT2D eigenvalue weighted by Gasteiger charge is 2.25. The molecule has 0 aromatic heterocycles. The second kappa shape index (κ2) is 5.74. The molecule has 96 valence electrons. The van der Waals surface area contributed by atoms with Crippen LogP contribution in [0.2, 0.25) is 0 Å². The SMILES string of the molecule is CCOc1ccc(C(Cl)C(C)S(C)(=O)=O)cc1. The number of hydrogen-bond acceptors (Lipinski definition) is 3. The summed E-state index contributed by atoms with van der Waals surface area (Å²) in [5, 5.41) is -1.15. The van der Waals surface area contributed by atoms with E-state index in [0.29, 0.717) is 6.61 Å². The minimum absolute atomic E-state index is 0.541. The van der Waals surface area contributed by atoms with E-state index in [2.05, 4.69) is 0 Å². The van der Waals surface area contributed by atoms with Crippen LogP contribution in [0.5, 0.6) is 5.75 Å². The number of sulfone groups is 1. The number of ether oxygens (including phenoxy) is 1. The van der Waals surface area contributed by atoms with Crippen LogP contribution >= 0.6 is 11.6 Å². The van der Waals surface area contributed by atoms with Gasteiger partial charge < -0.3 is 4.74 Å². The third kappa shape index (κ3) is 3.89. The number of halogens is 1. The molecule has 0 saturated carbocycles. The van der Waals surface area contributed by atoms with Gasteiger partial charge in [-0.1, -0.05) is 12.1 Å². The number of alkyl halides is 1. The summed E-state index contributed by atoms with van der Waals surface area (Å²) in [6.45, 7) is 4.12. The minimum atomic E-state index is -3.13. The Morgan fingerprint density at radius 2 is 1.82 bits per heavy atom. The fraction of sp³-hybridized carbons (Fsp3) is 0.500. The van der Waals surface area contributed by atoms with Crippen LogP contribution in [-0.4, -0.2) is 26.5 Å². The van der Waals surface area contributed by atoms with E-state index in [-0.39, 0.29) is 0 Å². The van der Waals surface area contributed by atoms with Gasteiger partial charge in [-0.2, -0.15) is 0 Å². The van der Waals surface area contributed by atoms with Crippen LogP contribution in [0, 0.1) is 0 Å². The average molecular weight is 277 g/mol. The van der Waals surface area contributed by atoms with E-state index in [1.54, 1.807) is 31.2 Å². The van der Waals surface area contributed by atoms with Crippen molar-refractivity contribution in [3.8, 4) is 5.75 Å². The van der Waals surface area contributed by atoms with Gasteiger partial charge in [0.05, 0.1) is 17.2 Å². The van der Waals surface area contributed by atoms with Gasteiger partial charge in [-0.05, 0) is 31.5 Å². The fourth-order valence-electron chi connectivity index (χ4n) is 1.40. The van der Waals surface area contributed by atoms with E-state index in [4.69, 9.17) is 16.3 Å². The predicted octanol–water partition coefficient (Wildman–Crippen LogP) is 2.80. The maximum absolute atomic E-state index is 11.4. The summed E-state index contributed by atoms with van der Waals surface area (Å²) in [6.07, 6.45) is 1.20. The van der Waals surface area contributed by atoms with Crippen LogP contribution in [0.3, 0.4) is 0 Å². The summed E-state index contributed by atoms with van der Waals surface area (Å²) in [7, 11) is -3.13. The third-order valence-corrected chi connectivity index (χ3v) is 5.00. The summed E-state index contributed by atoms with van der Waals surface area (Å²) in [5.74, 6) is 0.757. The van der Waals surface area contributed by atoms with Gasteiger partial charge in [0.15, 0.2) is 9.84 Å². The van der Waals surface area contributed by atoms with Gasteiger partial charge in [0, 0.05) is 6.26 Å². The Bertz CT molecular complexity index is 453. The van der Waals surface area contributed by atoms with Gasteiger partial charge in [0.25, 0.3) is 0 Å². The molecule has 0 saturated heterocycles. The van der Waals surface area contributed by atoms with Crippen LogP contribution in [0.4, 0.5) is 0 Å². The molecule has 0 N–H and O–H groups in total. The highest BCUT2D eigenvalue weighted by molar-refractivity contribution is 7.91. The summed E-state index contributed by atoms with van der Waals surface area (Å²) in [4.78, 5) is 0. The van der Waals surface area contributed by atoms with E-state index in [1.165, 1.54) is 6.26 Å². The zero-order valence-electron chi connectivity index (χ0n) is 10.2. The van der Waals surface area contributed by atoms with Crippen LogP contribution < -0.4 is 4.74 Å². The molecule has 17 heavy (non-hydrogen) atoms. The van der Waals surface area contributed by atoms with Crippen molar-refractivity contribution < 1.29 is 13.2 Å². The van der Waals surface area contributed by atoms with Crippen LogP contribution in [-0.2, 0) is 9.84 Å². The lowest BCUT2D eigenvalue weighted by Crippen LogP contribution is -2.21. The molecule has 1 rings (SSSR count). The van der Waals surface area contributed by atoms with Crippen molar-refractivity contribution in [3.05, 3.63) is 29.8 Å². The molecule has 0 amide bonds. The monoisotopic (exact) mass is 276 g/mol. The van der Waals surface area contributed by atoms with Crippen molar-refractivity contribution in [2.45, 2.75) is 24.5 Å².